The molecule has 0 spiro atoms. The maximum absolute atomic E-state index is 13.1. The topological polar surface area (TPSA) is 67.8 Å². The first-order chi connectivity index (χ1) is 6.93. The molecule has 0 heterocycles. The van der Waals surface area contributed by atoms with Crippen molar-refractivity contribution in [3.63, 3.8) is 0 Å². The van der Waals surface area contributed by atoms with Gasteiger partial charge in [-0.1, -0.05) is 0 Å². The standard InChI is InChI=1S/C9H8F3NO2/c10-5-2-1-4(8(11)9(5)12)6(13)3-7(14)15/h1-2,6H,3,13H2,(H,14,15)/t6-/m1/s1. The molecule has 0 saturated heterocycles. The molecule has 1 rings (SSSR count). The van der Waals surface area contributed by atoms with E-state index in [4.69, 9.17) is 0 Å². The van der Waals surface area contributed by atoms with Crippen molar-refractivity contribution in [2.75, 3.05) is 0 Å². The fourth-order valence-electron chi connectivity index (χ4n) is 1.17. The fourth-order valence-corrected chi connectivity index (χ4v) is 1.17. The van der Waals surface area contributed by atoms with Crippen LogP contribution in [0.5, 0.6) is 0 Å². The van der Waals surface area contributed by atoms with Gasteiger partial charge in [0.1, 0.15) is 6.04 Å². The Morgan fingerprint density at radius 3 is 2.47 bits per heavy atom. The van der Waals surface area contributed by atoms with Crippen LogP contribution >= 0.6 is 0 Å². The van der Waals surface area contributed by atoms with Crippen molar-refractivity contribution in [3.05, 3.63) is 35.1 Å². The second-order valence-corrected chi connectivity index (χ2v) is 3.04. The van der Waals surface area contributed by atoms with Crippen LogP contribution in [0, 0.1) is 17.5 Å². The number of carbonyl (C=O) groups excluding carboxylic acids is 1. The minimum absolute atomic E-state index is 0.280. The third-order valence-electron chi connectivity index (χ3n) is 1.92. The zero-order chi connectivity index (χ0) is 11.6. The molecule has 3 nitrogen and oxygen atoms in total. The van der Waals surface area contributed by atoms with Crippen LogP contribution in [0.15, 0.2) is 12.1 Å². The lowest BCUT2D eigenvalue weighted by Gasteiger charge is -2.10. The first kappa shape index (κ1) is 11.5. The molecule has 1 atom stereocenters. The minimum Gasteiger partial charge on any atom is -0.550 e. The predicted octanol–water partition coefficient (Wildman–Crippen LogP) is -0.473. The summed E-state index contributed by atoms with van der Waals surface area (Å²) in [7, 11) is 0. The van der Waals surface area contributed by atoms with E-state index in [1.807, 2.05) is 0 Å². The zero-order valence-corrected chi connectivity index (χ0v) is 7.60. The molecule has 0 amide bonds. The largest absolute Gasteiger partial charge is 0.550 e. The van der Waals surface area contributed by atoms with Gasteiger partial charge in [-0.15, -0.1) is 0 Å². The number of rotatable bonds is 3. The molecule has 0 fully saturated rings. The molecule has 0 radical (unpaired) electrons. The van der Waals surface area contributed by atoms with Crippen molar-refractivity contribution in [1.82, 2.24) is 0 Å². The van der Waals surface area contributed by atoms with E-state index in [9.17, 15) is 23.1 Å². The van der Waals surface area contributed by atoms with Crippen LogP contribution in [0.4, 0.5) is 13.2 Å². The molecule has 82 valence electrons. The monoisotopic (exact) mass is 219 g/mol. The molecule has 0 aliphatic carbocycles. The van der Waals surface area contributed by atoms with Gasteiger partial charge in [0, 0.05) is 18.0 Å². The number of aliphatic carboxylic acids is 1. The van der Waals surface area contributed by atoms with Gasteiger partial charge >= 0.3 is 0 Å². The lowest BCUT2D eigenvalue weighted by atomic mass is 10.0. The van der Waals surface area contributed by atoms with Crippen LogP contribution in [0.3, 0.4) is 0 Å². The normalized spacial score (nSPS) is 12.5. The fraction of sp³-hybridized carbons (Fsp3) is 0.222. The quantitative estimate of drug-likeness (QED) is 0.698. The van der Waals surface area contributed by atoms with Gasteiger partial charge in [0.2, 0.25) is 0 Å². The molecule has 15 heavy (non-hydrogen) atoms. The Hall–Kier alpha value is -1.56. The van der Waals surface area contributed by atoms with Gasteiger partial charge in [-0.3, -0.25) is 0 Å². The Balaban J connectivity index is 3.05. The molecule has 0 aromatic heterocycles. The molecule has 0 saturated carbocycles. The molecule has 0 bridgehead atoms. The van der Waals surface area contributed by atoms with E-state index in [-0.39, 0.29) is 5.56 Å². The molecular weight excluding hydrogens is 211 g/mol. The number of carbonyl (C=O) groups is 1. The SMILES string of the molecule is [NH3+][C@H](CC(=O)[O-])c1ccc(F)c(F)c1F. The number of hydrogen-bond acceptors (Lipinski definition) is 2. The van der Waals surface area contributed by atoms with E-state index >= 15 is 0 Å². The van der Waals surface area contributed by atoms with Gasteiger partial charge < -0.3 is 15.6 Å². The molecule has 0 aliphatic rings. The Bertz CT molecular complexity index is 395. The first-order valence-electron chi connectivity index (χ1n) is 4.09. The Morgan fingerprint density at radius 2 is 1.93 bits per heavy atom. The van der Waals surface area contributed by atoms with Gasteiger partial charge in [0.25, 0.3) is 0 Å². The van der Waals surface area contributed by atoms with Crippen molar-refractivity contribution >= 4 is 5.97 Å². The summed E-state index contributed by atoms with van der Waals surface area (Å²) >= 11 is 0. The highest BCUT2D eigenvalue weighted by molar-refractivity contribution is 5.65. The number of benzene rings is 1. The average molecular weight is 219 g/mol. The number of carboxylic acid groups (broad SMARTS) is 1. The van der Waals surface area contributed by atoms with E-state index in [2.05, 4.69) is 5.73 Å². The summed E-state index contributed by atoms with van der Waals surface area (Å²) in [5.41, 5.74) is 3.05. The Labute approximate surface area is 83.3 Å². The highest BCUT2D eigenvalue weighted by atomic mass is 19.2. The highest BCUT2D eigenvalue weighted by Gasteiger charge is 2.20. The van der Waals surface area contributed by atoms with Crippen molar-refractivity contribution in [2.45, 2.75) is 12.5 Å². The number of halogens is 3. The van der Waals surface area contributed by atoms with Crippen LogP contribution in [0.2, 0.25) is 0 Å². The van der Waals surface area contributed by atoms with Crippen molar-refractivity contribution < 1.29 is 28.8 Å². The molecule has 0 unspecified atom stereocenters. The van der Waals surface area contributed by atoms with Gasteiger partial charge in [-0.05, 0) is 12.1 Å². The summed E-state index contributed by atoms with van der Waals surface area (Å²) in [5, 5.41) is 10.2. The van der Waals surface area contributed by atoms with Crippen LogP contribution in [-0.4, -0.2) is 5.97 Å². The summed E-state index contributed by atoms with van der Waals surface area (Å²) in [5.74, 6) is -5.79. The molecule has 3 N–H and O–H groups in total. The summed E-state index contributed by atoms with van der Waals surface area (Å²) in [6, 6.07) is 0.681. The maximum Gasteiger partial charge on any atom is 0.194 e. The molecule has 0 aliphatic heterocycles. The highest BCUT2D eigenvalue weighted by Crippen LogP contribution is 2.20. The molecule has 1 aromatic rings. The van der Waals surface area contributed by atoms with E-state index in [0.717, 1.165) is 12.1 Å². The van der Waals surface area contributed by atoms with E-state index in [1.165, 1.54) is 0 Å². The van der Waals surface area contributed by atoms with Gasteiger partial charge in [0.15, 0.2) is 17.5 Å². The summed E-state index contributed by atoms with van der Waals surface area (Å²) in [6.07, 6.45) is -0.554. The van der Waals surface area contributed by atoms with Crippen molar-refractivity contribution in [3.8, 4) is 0 Å². The van der Waals surface area contributed by atoms with Crippen molar-refractivity contribution in [1.29, 1.82) is 0 Å². The predicted molar refractivity (Wildman–Crippen MR) is 41.6 cm³/mol. The lowest BCUT2D eigenvalue weighted by molar-refractivity contribution is -0.431. The van der Waals surface area contributed by atoms with E-state index < -0.39 is 35.9 Å². The van der Waals surface area contributed by atoms with Crippen molar-refractivity contribution in [2.24, 2.45) is 0 Å². The third-order valence-corrected chi connectivity index (χ3v) is 1.92. The van der Waals surface area contributed by atoms with Gasteiger partial charge in [0.05, 0.1) is 0 Å². The average Bonchev–Trinajstić information content (AvgIpc) is 2.13. The minimum atomic E-state index is -1.63. The second-order valence-electron chi connectivity index (χ2n) is 3.04. The van der Waals surface area contributed by atoms with Gasteiger partial charge in [-0.25, -0.2) is 13.2 Å². The molecular formula is C9H8F3NO2. The van der Waals surface area contributed by atoms with E-state index in [0.29, 0.717) is 0 Å². The zero-order valence-electron chi connectivity index (χ0n) is 7.60. The number of hydrogen-bond donors (Lipinski definition) is 1. The summed E-state index contributed by atoms with van der Waals surface area (Å²) in [6.45, 7) is 0. The third kappa shape index (κ3) is 2.47. The first-order valence-corrected chi connectivity index (χ1v) is 4.09. The second kappa shape index (κ2) is 4.31. The smallest absolute Gasteiger partial charge is 0.194 e. The van der Waals surface area contributed by atoms with Crippen LogP contribution < -0.4 is 10.8 Å². The summed E-state index contributed by atoms with van der Waals surface area (Å²) in [4.78, 5) is 10.2. The molecule has 6 heteroatoms. The van der Waals surface area contributed by atoms with Crippen LogP contribution in [0.1, 0.15) is 18.0 Å². The maximum atomic E-state index is 13.1. The van der Waals surface area contributed by atoms with Crippen LogP contribution in [0.25, 0.3) is 0 Å². The summed E-state index contributed by atoms with van der Waals surface area (Å²) < 4.78 is 38.4. The van der Waals surface area contributed by atoms with E-state index in [1.54, 1.807) is 0 Å². The Morgan fingerprint density at radius 1 is 1.33 bits per heavy atom. The number of carboxylic acids is 1. The van der Waals surface area contributed by atoms with Gasteiger partial charge in [-0.2, -0.15) is 0 Å². The Kier molecular flexibility index (Phi) is 3.31. The number of quaternary nitrogens is 1. The lowest BCUT2D eigenvalue weighted by Crippen LogP contribution is -2.55. The molecule has 1 aromatic carbocycles. The van der Waals surface area contributed by atoms with Crippen LogP contribution in [-0.2, 0) is 4.79 Å².